The van der Waals surface area contributed by atoms with E-state index < -0.39 is 4.92 Å². The van der Waals surface area contributed by atoms with Crippen molar-refractivity contribution >= 4 is 11.5 Å². The van der Waals surface area contributed by atoms with Gasteiger partial charge < -0.3 is 10.1 Å². The molecule has 0 aromatic carbocycles. The number of nitro groups is 1. The molecule has 2 unspecified atom stereocenters. The van der Waals surface area contributed by atoms with Gasteiger partial charge in [0.05, 0.1) is 11.0 Å². The van der Waals surface area contributed by atoms with Crippen molar-refractivity contribution in [3.8, 4) is 6.07 Å². The standard InChI is InChI=1S/C13H16N4O3/c1-2-12-9(5-6-20-12)8-15-13-4-3-11(17(18)19)10(7-14)16-13/h3-4,9,12H,2,5-6,8H2,1H3,(H,15,16). The third kappa shape index (κ3) is 3.03. The fourth-order valence-electron chi connectivity index (χ4n) is 2.39. The number of hydrogen-bond donors (Lipinski definition) is 1. The number of nitrogens with one attached hydrogen (secondary N) is 1. The van der Waals surface area contributed by atoms with Crippen LogP contribution in [0.15, 0.2) is 12.1 Å². The molecule has 0 spiro atoms. The number of nitrogens with zero attached hydrogens (tertiary/aromatic N) is 3. The van der Waals surface area contributed by atoms with E-state index in [0.717, 1.165) is 19.4 Å². The van der Waals surface area contributed by atoms with Crippen LogP contribution in [-0.4, -0.2) is 29.2 Å². The van der Waals surface area contributed by atoms with Crippen LogP contribution in [0.25, 0.3) is 0 Å². The molecule has 1 aromatic rings. The van der Waals surface area contributed by atoms with E-state index in [1.165, 1.54) is 12.1 Å². The maximum absolute atomic E-state index is 10.7. The minimum atomic E-state index is -0.604. The van der Waals surface area contributed by atoms with Gasteiger partial charge in [-0.05, 0) is 18.9 Å². The van der Waals surface area contributed by atoms with Gasteiger partial charge >= 0.3 is 5.69 Å². The van der Waals surface area contributed by atoms with E-state index in [2.05, 4.69) is 17.2 Å². The summed E-state index contributed by atoms with van der Waals surface area (Å²) in [7, 11) is 0. The molecular weight excluding hydrogens is 260 g/mol. The lowest BCUT2D eigenvalue weighted by Gasteiger charge is -2.17. The maximum atomic E-state index is 10.7. The first-order chi connectivity index (χ1) is 9.65. The third-order valence-electron chi connectivity index (χ3n) is 3.47. The smallest absolute Gasteiger partial charge is 0.305 e. The van der Waals surface area contributed by atoms with Gasteiger partial charge in [-0.2, -0.15) is 5.26 Å². The van der Waals surface area contributed by atoms with Gasteiger partial charge in [0.1, 0.15) is 11.9 Å². The van der Waals surface area contributed by atoms with Crippen LogP contribution in [0.5, 0.6) is 0 Å². The largest absolute Gasteiger partial charge is 0.378 e. The fourth-order valence-corrected chi connectivity index (χ4v) is 2.39. The van der Waals surface area contributed by atoms with Gasteiger partial charge in [0.25, 0.3) is 0 Å². The van der Waals surface area contributed by atoms with Crippen LogP contribution < -0.4 is 5.32 Å². The lowest BCUT2D eigenvalue weighted by Crippen LogP contribution is -2.23. The first-order valence-electron chi connectivity index (χ1n) is 6.56. The second kappa shape index (κ2) is 6.30. The molecule has 1 fully saturated rings. The molecule has 7 nitrogen and oxygen atoms in total. The number of anilines is 1. The van der Waals surface area contributed by atoms with Crippen molar-refractivity contribution in [1.29, 1.82) is 5.26 Å². The molecule has 0 aliphatic carbocycles. The van der Waals surface area contributed by atoms with Crippen LogP contribution in [0, 0.1) is 27.4 Å². The average molecular weight is 276 g/mol. The Hall–Kier alpha value is -2.20. The Balaban J connectivity index is 2.03. The molecule has 0 amide bonds. The maximum Gasteiger partial charge on any atom is 0.305 e. The highest BCUT2D eigenvalue weighted by Gasteiger charge is 2.26. The van der Waals surface area contributed by atoms with Crippen molar-refractivity contribution < 1.29 is 9.66 Å². The van der Waals surface area contributed by atoms with Crippen molar-refractivity contribution in [3.05, 3.63) is 27.9 Å². The summed E-state index contributed by atoms with van der Waals surface area (Å²) >= 11 is 0. The van der Waals surface area contributed by atoms with E-state index in [4.69, 9.17) is 10.00 Å². The number of hydrogen-bond acceptors (Lipinski definition) is 6. The molecule has 1 aromatic heterocycles. The van der Waals surface area contributed by atoms with Crippen molar-refractivity contribution in [2.24, 2.45) is 5.92 Å². The predicted molar refractivity (Wildman–Crippen MR) is 72.2 cm³/mol. The normalized spacial score (nSPS) is 21.4. The number of pyridine rings is 1. The Kier molecular flexibility index (Phi) is 4.48. The van der Waals surface area contributed by atoms with Gasteiger partial charge in [-0.25, -0.2) is 4.98 Å². The van der Waals surface area contributed by atoms with E-state index in [-0.39, 0.29) is 17.5 Å². The van der Waals surface area contributed by atoms with Crippen molar-refractivity contribution in [1.82, 2.24) is 4.98 Å². The van der Waals surface area contributed by atoms with Crippen LogP contribution in [-0.2, 0) is 4.74 Å². The van der Waals surface area contributed by atoms with Crippen LogP contribution in [0.1, 0.15) is 25.5 Å². The first-order valence-corrected chi connectivity index (χ1v) is 6.56. The Morgan fingerprint density at radius 2 is 2.45 bits per heavy atom. The minimum Gasteiger partial charge on any atom is -0.378 e. The molecular formula is C13H16N4O3. The molecule has 1 saturated heterocycles. The summed E-state index contributed by atoms with van der Waals surface area (Å²) in [5.74, 6) is 0.886. The minimum absolute atomic E-state index is 0.172. The first kappa shape index (κ1) is 14.2. The topological polar surface area (TPSA) is 101 Å². The van der Waals surface area contributed by atoms with E-state index in [1.807, 2.05) is 0 Å². The highest BCUT2D eigenvalue weighted by atomic mass is 16.6. The summed E-state index contributed by atoms with van der Waals surface area (Å²) in [6, 6.07) is 4.57. The Morgan fingerprint density at radius 1 is 1.65 bits per heavy atom. The SMILES string of the molecule is CCC1OCCC1CNc1ccc([N+](=O)[O-])c(C#N)n1. The summed E-state index contributed by atoms with van der Waals surface area (Å²) in [6.07, 6.45) is 2.20. The van der Waals surface area contributed by atoms with Crippen molar-refractivity contribution in [2.75, 3.05) is 18.5 Å². The monoisotopic (exact) mass is 276 g/mol. The van der Waals surface area contributed by atoms with E-state index in [0.29, 0.717) is 18.3 Å². The van der Waals surface area contributed by atoms with E-state index >= 15 is 0 Å². The highest BCUT2D eigenvalue weighted by Crippen LogP contribution is 2.24. The molecule has 2 rings (SSSR count). The van der Waals surface area contributed by atoms with Gasteiger partial charge in [-0.3, -0.25) is 10.1 Å². The highest BCUT2D eigenvalue weighted by molar-refractivity contribution is 5.50. The number of ether oxygens (including phenoxy) is 1. The quantitative estimate of drug-likeness (QED) is 0.652. The second-order valence-electron chi connectivity index (χ2n) is 4.68. The second-order valence-corrected chi connectivity index (χ2v) is 4.68. The van der Waals surface area contributed by atoms with Gasteiger partial charge in [0, 0.05) is 25.1 Å². The molecule has 20 heavy (non-hydrogen) atoms. The van der Waals surface area contributed by atoms with E-state index in [1.54, 1.807) is 6.07 Å². The predicted octanol–water partition coefficient (Wildman–Crippen LogP) is 2.09. The van der Waals surface area contributed by atoms with Crippen LogP contribution >= 0.6 is 0 Å². The molecule has 106 valence electrons. The number of nitriles is 1. The summed E-state index contributed by atoms with van der Waals surface area (Å²) in [4.78, 5) is 14.1. The molecule has 2 heterocycles. The van der Waals surface area contributed by atoms with Crippen LogP contribution in [0.3, 0.4) is 0 Å². The lowest BCUT2D eigenvalue weighted by atomic mass is 10.00. The van der Waals surface area contributed by atoms with Crippen molar-refractivity contribution in [2.45, 2.75) is 25.9 Å². The molecule has 0 bridgehead atoms. The molecule has 0 saturated carbocycles. The summed E-state index contributed by atoms with van der Waals surface area (Å²) in [5, 5.41) is 22.7. The summed E-state index contributed by atoms with van der Waals surface area (Å²) < 4.78 is 5.60. The average Bonchev–Trinajstić information content (AvgIpc) is 2.92. The summed E-state index contributed by atoms with van der Waals surface area (Å²) in [5.41, 5.74) is -0.441. The number of aromatic nitrogens is 1. The van der Waals surface area contributed by atoms with Crippen LogP contribution in [0.2, 0.25) is 0 Å². The third-order valence-corrected chi connectivity index (χ3v) is 3.47. The number of rotatable bonds is 5. The summed E-state index contributed by atoms with van der Waals surface area (Å²) in [6.45, 7) is 3.54. The fraction of sp³-hybridized carbons (Fsp3) is 0.538. The molecule has 0 radical (unpaired) electrons. The molecule has 7 heteroatoms. The Morgan fingerprint density at radius 3 is 3.10 bits per heavy atom. The van der Waals surface area contributed by atoms with E-state index in [9.17, 15) is 10.1 Å². The molecule has 1 N–H and O–H groups in total. The van der Waals surface area contributed by atoms with Gasteiger partial charge in [-0.1, -0.05) is 6.92 Å². The Bertz CT molecular complexity index is 541. The zero-order chi connectivity index (χ0) is 14.5. The Labute approximate surface area is 116 Å². The lowest BCUT2D eigenvalue weighted by molar-refractivity contribution is -0.385. The van der Waals surface area contributed by atoms with Gasteiger partial charge in [0.15, 0.2) is 0 Å². The van der Waals surface area contributed by atoms with Gasteiger partial charge in [-0.15, -0.1) is 0 Å². The van der Waals surface area contributed by atoms with Crippen LogP contribution in [0.4, 0.5) is 11.5 Å². The molecule has 1 aliphatic heterocycles. The van der Waals surface area contributed by atoms with Crippen molar-refractivity contribution in [3.63, 3.8) is 0 Å². The zero-order valence-corrected chi connectivity index (χ0v) is 11.2. The molecule has 2 atom stereocenters. The molecule has 1 aliphatic rings. The van der Waals surface area contributed by atoms with Gasteiger partial charge in [0.2, 0.25) is 5.69 Å². The zero-order valence-electron chi connectivity index (χ0n) is 11.2.